The van der Waals surface area contributed by atoms with Crippen LogP contribution in [-0.4, -0.2) is 29.6 Å². The molecule has 3 heteroatoms. The van der Waals surface area contributed by atoms with Crippen molar-refractivity contribution in [2.45, 2.75) is 58.5 Å². The number of hydrogen-bond acceptors (Lipinski definition) is 2. The van der Waals surface area contributed by atoms with Gasteiger partial charge in [-0.25, -0.2) is 0 Å². The standard InChI is InChI=1S/C13H24N2O/c1-9(2)12-13(16)15(8-14-12)11-6-4-10(3)5-7-11/h9-12,14H,4-8H2,1-3H3. The van der Waals surface area contributed by atoms with Crippen LogP contribution in [0.5, 0.6) is 0 Å². The summed E-state index contributed by atoms with van der Waals surface area (Å²) >= 11 is 0. The highest BCUT2D eigenvalue weighted by molar-refractivity contribution is 5.84. The van der Waals surface area contributed by atoms with Crippen molar-refractivity contribution in [2.75, 3.05) is 6.67 Å². The fourth-order valence-electron chi connectivity index (χ4n) is 2.92. The first-order valence-electron chi connectivity index (χ1n) is 6.63. The van der Waals surface area contributed by atoms with E-state index < -0.39 is 0 Å². The third-order valence-electron chi connectivity index (χ3n) is 4.12. The molecule has 1 aliphatic heterocycles. The topological polar surface area (TPSA) is 32.3 Å². The van der Waals surface area contributed by atoms with E-state index in [1.807, 2.05) is 0 Å². The van der Waals surface area contributed by atoms with E-state index in [9.17, 15) is 4.79 Å². The molecule has 3 nitrogen and oxygen atoms in total. The van der Waals surface area contributed by atoms with Gasteiger partial charge in [-0.05, 0) is 37.5 Å². The number of carbonyl (C=O) groups is 1. The zero-order valence-corrected chi connectivity index (χ0v) is 10.7. The Balaban J connectivity index is 1.94. The van der Waals surface area contributed by atoms with Crippen molar-refractivity contribution >= 4 is 5.91 Å². The van der Waals surface area contributed by atoms with Crippen molar-refractivity contribution in [1.82, 2.24) is 10.2 Å². The molecule has 0 aromatic carbocycles. The maximum Gasteiger partial charge on any atom is 0.241 e. The van der Waals surface area contributed by atoms with E-state index in [-0.39, 0.29) is 6.04 Å². The lowest BCUT2D eigenvalue weighted by Gasteiger charge is -2.33. The van der Waals surface area contributed by atoms with Gasteiger partial charge >= 0.3 is 0 Å². The van der Waals surface area contributed by atoms with Crippen molar-refractivity contribution in [3.05, 3.63) is 0 Å². The summed E-state index contributed by atoms with van der Waals surface area (Å²) in [5, 5.41) is 3.34. The predicted molar refractivity (Wildman–Crippen MR) is 64.9 cm³/mol. The van der Waals surface area contributed by atoms with Crippen LogP contribution < -0.4 is 5.32 Å². The molecule has 1 heterocycles. The van der Waals surface area contributed by atoms with Gasteiger partial charge in [0.05, 0.1) is 12.7 Å². The molecule has 0 aromatic heterocycles. The molecular weight excluding hydrogens is 200 g/mol. The highest BCUT2D eigenvalue weighted by Gasteiger charge is 2.37. The molecule has 2 aliphatic rings. The SMILES string of the molecule is CC1CCC(N2CNC(C(C)C)C2=O)CC1. The molecule has 2 rings (SSSR count). The summed E-state index contributed by atoms with van der Waals surface area (Å²) in [7, 11) is 0. The van der Waals surface area contributed by atoms with E-state index in [4.69, 9.17) is 0 Å². The monoisotopic (exact) mass is 224 g/mol. The first-order chi connectivity index (χ1) is 7.59. The number of amides is 1. The zero-order chi connectivity index (χ0) is 11.7. The molecule has 0 bridgehead atoms. The van der Waals surface area contributed by atoms with Crippen molar-refractivity contribution in [2.24, 2.45) is 11.8 Å². The highest BCUT2D eigenvalue weighted by atomic mass is 16.2. The molecule has 1 aliphatic carbocycles. The van der Waals surface area contributed by atoms with Gasteiger partial charge in [-0.15, -0.1) is 0 Å². The molecule has 1 N–H and O–H groups in total. The van der Waals surface area contributed by atoms with Gasteiger partial charge in [-0.2, -0.15) is 0 Å². The highest BCUT2D eigenvalue weighted by Crippen LogP contribution is 2.29. The van der Waals surface area contributed by atoms with E-state index in [0.29, 0.717) is 17.9 Å². The molecule has 0 radical (unpaired) electrons. The van der Waals surface area contributed by atoms with Gasteiger partial charge in [0.15, 0.2) is 0 Å². The van der Waals surface area contributed by atoms with Gasteiger partial charge in [0.25, 0.3) is 0 Å². The van der Waals surface area contributed by atoms with Crippen molar-refractivity contribution in [3.8, 4) is 0 Å². The molecule has 1 unspecified atom stereocenters. The first kappa shape index (κ1) is 11.9. The zero-order valence-electron chi connectivity index (χ0n) is 10.7. The lowest BCUT2D eigenvalue weighted by Crippen LogP contribution is -2.41. The minimum absolute atomic E-state index is 0.0550. The Bertz CT molecular complexity index is 257. The van der Waals surface area contributed by atoms with Crippen LogP contribution in [0.3, 0.4) is 0 Å². The van der Waals surface area contributed by atoms with Crippen molar-refractivity contribution in [3.63, 3.8) is 0 Å². The Morgan fingerprint density at radius 1 is 1.25 bits per heavy atom. The van der Waals surface area contributed by atoms with E-state index >= 15 is 0 Å². The maximum atomic E-state index is 12.2. The smallest absolute Gasteiger partial charge is 0.241 e. The first-order valence-corrected chi connectivity index (χ1v) is 6.63. The summed E-state index contributed by atoms with van der Waals surface area (Å²) in [6.07, 6.45) is 4.94. The van der Waals surface area contributed by atoms with Gasteiger partial charge in [0.1, 0.15) is 0 Å². The third kappa shape index (κ3) is 2.24. The fourth-order valence-corrected chi connectivity index (χ4v) is 2.92. The second kappa shape index (κ2) is 4.74. The lowest BCUT2D eigenvalue weighted by atomic mass is 9.86. The Labute approximate surface area is 98.6 Å². The van der Waals surface area contributed by atoms with Crippen LogP contribution >= 0.6 is 0 Å². The average Bonchev–Trinajstić information content (AvgIpc) is 2.61. The van der Waals surface area contributed by atoms with E-state index in [1.54, 1.807) is 0 Å². The van der Waals surface area contributed by atoms with Crippen LogP contribution in [0.2, 0.25) is 0 Å². The molecule has 0 aromatic rings. The Hall–Kier alpha value is -0.570. The summed E-state index contributed by atoms with van der Waals surface area (Å²) in [5.41, 5.74) is 0. The normalized spacial score (nSPS) is 36.1. The minimum atomic E-state index is 0.0550. The molecular formula is C13H24N2O. The van der Waals surface area contributed by atoms with E-state index in [1.165, 1.54) is 25.7 Å². The average molecular weight is 224 g/mol. The number of nitrogens with one attached hydrogen (secondary N) is 1. The third-order valence-corrected chi connectivity index (χ3v) is 4.12. The molecule has 2 fully saturated rings. The van der Waals surface area contributed by atoms with Crippen LogP contribution in [0, 0.1) is 11.8 Å². The second-order valence-electron chi connectivity index (χ2n) is 5.81. The number of hydrogen-bond donors (Lipinski definition) is 1. The van der Waals surface area contributed by atoms with Gasteiger partial charge in [-0.1, -0.05) is 20.8 Å². The number of carbonyl (C=O) groups excluding carboxylic acids is 1. The molecule has 1 saturated carbocycles. The lowest BCUT2D eigenvalue weighted by molar-refractivity contribution is -0.132. The van der Waals surface area contributed by atoms with Crippen LogP contribution in [0.25, 0.3) is 0 Å². The van der Waals surface area contributed by atoms with Crippen LogP contribution in [0.1, 0.15) is 46.5 Å². The Morgan fingerprint density at radius 2 is 1.88 bits per heavy atom. The van der Waals surface area contributed by atoms with E-state index in [0.717, 1.165) is 12.6 Å². The second-order valence-corrected chi connectivity index (χ2v) is 5.81. The minimum Gasteiger partial charge on any atom is -0.326 e. The molecule has 92 valence electrons. The molecule has 16 heavy (non-hydrogen) atoms. The van der Waals surface area contributed by atoms with Gasteiger partial charge in [0, 0.05) is 6.04 Å². The summed E-state index contributed by atoms with van der Waals surface area (Å²) in [4.78, 5) is 14.3. The van der Waals surface area contributed by atoms with Crippen molar-refractivity contribution < 1.29 is 4.79 Å². The van der Waals surface area contributed by atoms with Crippen LogP contribution in [0.15, 0.2) is 0 Å². The summed E-state index contributed by atoms with van der Waals surface area (Å²) in [5.74, 6) is 1.58. The van der Waals surface area contributed by atoms with E-state index in [2.05, 4.69) is 31.0 Å². The molecule has 1 amide bonds. The summed E-state index contributed by atoms with van der Waals surface area (Å²) < 4.78 is 0. The van der Waals surface area contributed by atoms with Crippen molar-refractivity contribution in [1.29, 1.82) is 0 Å². The van der Waals surface area contributed by atoms with Gasteiger partial charge in [-0.3, -0.25) is 10.1 Å². The number of rotatable bonds is 2. The van der Waals surface area contributed by atoms with Gasteiger partial charge in [0.2, 0.25) is 5.91 Å². The molecule has 0 spiro atoms. The largest absolute Gasteiger partial charge is 0.326 e. The van der Waals surface area contributed by atoms with Crippen LogP contribution in [0.4, 0.5) is 0 Å². The quantitative estimate of drug-likeness (QED) is 0.778. The summed E-state index contributed by atoms with van der Waals surface area (Å²) in [6.45, 7) is 7.31. The maximum absolute atomic E-state index is 12.2. The van der Waals surface area contributed by atoms with Crippen LogP contribution in [-0.2, 0) is 4.79 Å². The molecule has 1 saturated heterocycles. The number of nitrogens with zero attached hydrogens (tertiary/aromatic N) is 1. The molecule has 1 atom stereocenters. The fraction of sp³-hybridized carbons (Fsp3) is 0.923. The Morgan fingerprint density at radius 3 is 2.38 bits per heavy atom. The van der Waals surface area contributed by atoms with Gasteiger partial charge < -0.3 is 4.90 Å². The Kier molecular flexibility index (Phi) is 3.53. The predicted octanol–water partition coefficient (Wildman–Crippen LogP) is 1.98. The summed E-state index contributed by atoms with van der Waals surface area (Å²) in [6, 6.07) is 0.555.